The van der Waals surface area contributed by atoms with E-state index >= 15 is 0 Å². The van der Waals surface area contributed by atoms with E-state index in [1.54, 1.807) is 72.8 Å². The molecule has 218 valence electrons. The molecule has 0 saturated carbocycles. The first-order valence-electron chi connectivity index (χ1n) is 12.4. The van der Waals surface area contributed by atoms with Crippen LogP contribution in [-0.2, 0) is 32.5 Å². The lowest BCUT2D eigenvalue weighted by Crippen LogP contribution is -2.12. The van der Waals surface area contributed by atoms with E-state index in [4.69, 9.17) is 16.2 Å². The van der Waals surface area contributed by atoms with Crippen LogP contribution in [0.3, 0.4) is 0 Å². The van der Waals surface area contributed by atoms with Crippen LogP contribution in [0.4, 0.5) is 8.78 Å². The highest BCUT2D eigenvalue weighted by atomic mass is 32.2. The van der Waals surface area contributed by atoms with Gasteiger partial charge >= 0.3 is 0 Å². The fourth-order valence-electron chi connectivity index (χ4n) is 3.56. The van der Waals surface area contributed by atoms with Crippen LogP contribution in [-0.4, -0.2) is 32.0 Å². The SMILES string of the molecule is CS(=O)(=NCc1ccc(/C(N)=N/O)cc1)c1ccccc1F.CS(=O)(=NCc1ccc(C#N)cc1)c1ccccc1F. The predicted octanol–water partition coefficient (Wildman–Crippen LogP) is 5.93. The number of benzene rings is 4. The van der Waals surface area contributed by atoms with E-state index in [2.05, 4.69) is 13.9 Å². The minimum atomic E-state index is -2.81. The van der Waals surface area contributed by atoms with E-state index in [9.17, 15) is 17.2 Å². The second-order valence-corrected chi connectivity index (χ2v) is 13.6. The monoisotopic (exact) mass is 609 g/mol. The molecule has 4 aromatic carbocycles. The highest BCUT2D eigenvalue weighted by Gasteiger charge is 2.12. The molecular weight excluding hydrogens is 580 g/mol. The summed E-state index contributed by atoms with van der Waals surface area (Å²) in [5.41, 5.74) is 8.21. The number of hydrogen-bond acceptors (Lipinski definition) is 7. The van der Waals surface area contributed by atoms with Gasteiger partial charge in [-0.15, -0.1) is 0 Å². The zero-order valence-corrected chi connectivity index (χ0v) is 24.5. The van der Waals surface area contributed by atoms with E-state index in [0.29, 0.717) is 11.1 Å². The Morgan fingerprint density at radius 1 is 0.762 bits per heavy atom. The van der Waals surface area contributed by atoms with Gasteiger partial charge in [-0.05, 0) is 47.5 Å². The average Bonchev–Trinajstić information content (AvgIpc) is 3.00. The van der Waals surface area contributed by atoms with Crippen molar-refractivity contribution in [2.75, 3.05) is 12.5 Å². The fraction of sp³-hybridized carbons (Fsp3) is 0.133. The van der Waals surface area contributed by atoms with Gasteiger partial charge in [-0.1, -0.05) is 65.8 Å². The summed E-state index contributed by atoms with van der Waals surface area (Å²) >= 11 is 0. The summed E-state index contributed by atoms with van der Waals surface area (Å²) in [5.74, 6) is -1.03. The van der Waals surface area contributed by atoms with Gasteiger partial charge in [0.1, 0.15) is 11.6 Å². The second-order valence-electron chi connectivity index (χ2n) is 9.03. The number of hydrogen-bond donors (Lipinski definition) is 2. The summed E-state index contributed by atoms with van der Waals surface area (Å²) in [6, 6.07) is 27.5. The Labute approximate surface area is 244 Å². The molecule has 0 spiro atoms. The first-order chi connectivity index (χ1) is 20.0. The van der Waals surface area contributed by atoms with E-state index in [1.165, 1.54) is 36.8 Å². The molecule has 4 rings (SSSR count). The summed E-state index contributed by atoms with van der Waals surface area (Å²) in [7, 11) is -5.58. The third-order valence-corrected chi connectivity index (χ3v) is 9.45. The van der Waals surface area contributed by atoms with Crippen LogP contribution < -0.4 is 5.73 Å². The van der Waals surface area contributed by atoms with Crippen LogP contribution in [0, 0.1) is 23.0 Å². The summed E-state index contributed by atoms with van der Waals surface area (Å²) in [5, 5.41) is 20.2. The van der Waals surface area contributed by atoms with Gasteiger partial charge in [-0.25, -0.2) is 25.9 Å². The molecular formula is C30H29F2N5O3S2. The molecule has 0 aliphatic carbocycles. The second kappa shape index (κ2) is 14.3. The Hall–Kier alpha value is -4.60. The van der Waals surface area contributed by atoms with Crippen molar-refractivity contribution < 1.29 is 22.4 Å². The lowest BCUT2D eigenvalue weighted by molar-refractivity contribution is 0.318. The summed E-state index contributed by atoms with van der Waals surface area (Å²) in [6.45, 7) is 0.398. The van der Waals surface area contributed by atoms with Gasteiger partial charge in [-0.3, -0.25) is 0 Å². The molecule has 8 nitrogen and oxygen atoms in total. The number of oxime groups is 1. The van der Waals surface area contributed by atoms with Crippen molar-refractivity contribution in [1.29, 1.82) is 5.26 Å². The maximum atomic E-state index is 13.7. The van der Waals surface area contributed by atoms with Crippen LogP contribution in [0.25, 0.3) is 0 Å². The van der Waals surface area contributed by atoms with Crippen LogP contribution in [0.15, 0.2) is 121 Å². The van der Waals surface area contributed by atoms with Gasteiger partial charge in [0.05, 0.1) is 54.0 Å². The Morgan fingerprint density at radius 2 is 1.17 bits per heavy atom. The van der Waals surface area contributed by atoms with Crippen LogP contribution in [0.1, 0.15) is 22.3 Å². The lowest BCUT2D eigenvalue weighted by Gasteiger charge is -2.06. The van der Waals surface area contributed by atoms with Crippen molar-refractivity contribution in [3.63, 3.8) is 0 Å². The minimum absolute atomic E-state index is 0.00846. The third-order valence-electron chi connectivity index (χ3n) is 5.92. The van der Waals surface area contributed by atoms with Gasteiger partial charge in [0, 0.05) is 18.1 Å². The number of rotatable bonds is 7. The minimum Gasteiger partial charge on any atom is -0.409 e. The maximum Gasteiger partial charge on any atom is 0.170 e. The first-order valence-corrected chi connectivity index (χ1v) is 16.2. The van der Waals surface area contributed by atoms with Crippen molar-refractivity contribution in [3.8, 4) is 6.07 Å². The zero-order chi connectivity index (χ0) is 30.8. The van der Waals surface area contributed by atoms with Crippen LogP contribution >= 0.6 is 0 Å². The highest BCUT2D eigenvalue weighted by molar-refractivity contribution is 7.93. The Kier molecular flexibility index (Phi) is 10.9. The Balaban J connectivity index is 0.000000231. The average molecular weight is 610 g/mol. The van der Waals surface area contributed by atoms with Crippen molar-refractivity contribution in [2.45, 2.75) is 22.9 Å². The molecule has 0 aromatic heterocycles. The van der Waals surface area contributed by atoms with E-state index in [-0.39, 0.29) is 28.7 Å². The van der Waals surface area contributed by atoms with E-state index in [1.807, 2.05) is 6.07 Å². The molecule has 0 amide bonds. The molecule has 3 N–H and O–H groups in total. The van der Waals surface area contributed by atoms with Gasteiger partial charge in [0.15, 0.2) is 5.84 Å². The number of nitrogens with zero attached hydrogens (tertiary/aromatic N) is 4. The van der Waals surface area contributed by atoms with Crippen molar-refractivity contribution in [3.05, 3.63) is 131 Å². The molecule has 4 aromatic rings. The zero-order valence-electron chi connectivity index (χ0n) is 22.9. The predicted molar refractivity (Wildman–Crippen MR) is 160 cm³/mol. The maximum absolute atomic E-state index is 13.7. The number of halogens is 2. The van der Waals surface area contributed by atoms with Crippen LogP contribution in [0.2, 0.25) is 0 Å². The smallest absolute Gasteiger partial charge is 0.170 e. The largest absolute Gasteiger partial charge is 0.409 e. The summed E-state index contributed by atoms with van der Waals surface area (Å²) in [6.07, 6.45) is 2.84. The number of nitrogens with two attached hydrogens (primary N) is 1. The molecule has 42 heavy (non-hydrogen) atoms. The Bertz CT molecular complexity index is 1850. The number of nitriles is 1. The van der Waals surface area contributed by atoms with Crippen LogP contribution in [0.5, 0.6) is 0 Å². The topological polar surface area (TPSA) is 141 Å². The first kappa shape index (κ1) is 31.9. The third kappa shape index (κ3) is 8.70. The summed E-state index contributed by atoms with van der Waals surface area (Å²) in [4.78, 5) is 0.219. The van der Waals surface area contributed by atoms with Crippen molar-refractivity contribution in [1.82, 2.24) is 0 Å². The lowest BCUT2D eigenvalue weighted by atomic mass is 10.1. The molecule has 0 aliphatic rings. The Morgan fingerprint density at radius 3 is 1.55 bits per heavy atom. The quantitative estimate of drug-likeness (QED) is 0.116. The molecule has 0 saturated heterocycles. The van der Waals surface area contributed by atoms with Gasteiger partial charge < -0.3 is 10.9 Å². The normalized spacial score (nSPS) is 13.8. The number of amidine groups is 1. The molecule has 12 heteroatoms. The molecule has 0 heterocycles. The van der Waals surface area contributed by atoms with E-state index < -0.39 is 31.1 Å². The van der Waals surface area contributed by atoms with Gasteiger partial charge in [0.2, 0.25) is 0 Å². The van der Waals surface area contributed by atoms with Crippen molar-refractivity contribution in [2.24, 2.45) is 19.6 Å². The standard InChI is InChI=1S/C15H16FN3O2S.C15H13FN2OS/c1-22(21,14-5-3-2-4-13(14)16)18-10-11-6-8-12(9-7-11)15(17)19-20;1-20(19,15-5-3-2-4-14(15)16)18-11-13-8-6-12(10-17)7-9-13/h2-9,20H,10H2,1H3,(H2,17,19);2-9H,11H2,1H3. The van der Waals surface area contributed by atoms with Crippen molar-refractivity contribution >= 4 is 25.3 Å². The molecule has 0 fully saturated rings. The highest BCUT2D eigenvalue weighted by Crippen LogP contribution is 2.18. The fourth-order valence-corrected chi connectivity index (χ4v) is 6.15. The molecule has 0 bridgehead atoms. The molecule has 0 aliphatic heterocycles. The molecule has 0 radical (unpaired) electrons. The molecule has 2 atom stereocenters. The molecule has 2 unspecified atom stereocenters. The summed E-state index contributed by atoms with van der Waals surface area (Å²) < 4.78 is 60.6. The van der Waals surface area contributed by atoms with E-state index in [0.717, 1.165) is 11.1 Å². The van der Waals surface area contributed by atoms with Gasteiger partial charge in [-0.2, -0.15) is 5.26 Å². The van der Waals surface area contributed by atoms with Gasteiger partial charge in [0.25, 0.3) is 0 Å².